The Labute approximate surface area is 92.0 Å². The summed E-state index contributed by atoms with van der Waals surface area (Å²) in [4.78, 5) is 13.7. The van der Waals surface area contributed by atoms with E-state index in [4.69, 9.17) is 4.74 Å². The molecule has 0 bridgehead atoms. The highest BCUT2D eigenvalue weighted by atomic mass is 16.6. The number of hydrogen-bond acceptors (Lipinski definition) is 5. The molecule has 1 aliphatic rings. The van der Waals surface area contributed by atoms with Gasteiger partial charge in [-0.25, -0.2) is 0 Å². The quantitative estimate of drug-likeness (QED) is 0.617. The molecule has 16 heavy (non-hydrogen) atoms. The third-order valence-corrected chi connectivity index (χ3v) is 2.62. The van der Waals surface area contributed by atoms with Crippen LogP contribution in [0.15, 0.2) is 18.3 Å². The van der Waals surface area contributed by atoms with Gasteiger partial charge in [-0.3, -0.25) is 0 Å². The fraction of sp³-hybridized carbons (Fsp3) is 0.500. The standard InChI is InChI=1S/C10H12N2O4/c13-7-3-1-4-8(7)16-9-5-2-6-11-10(9)12(14)15/h2,5-8,13H,1,3-4H2. The van der Waals surface area contributed by atoms with Crippen LogP contribution in [-0.2, 0) is 0 Å². The predicted octanol–water partition coefficient (Wildman–Crippen LogP) is 1.28. The fourth-order valence-electron chi connectivity index (χ4n) is 1.82. The molecule has 6 nitrogen and oxygen atoms in total. The largest absolute Gasteiger partial charge is 0.480 e. The molecule has 1 N–H and O–H groups in total. The minimum absolute atomic E-state index is 0.124. The van der Waals surface area contributed by atoms with E-state index in [-0.39, 0.29) is 17.7 Å². The van der Waals surface area contributed by atoms with Crippen LogP contribution in [0, 0.1) is 10.1 Å². The Kier molecular flexibility index (Phi) is 3.00. The Morgan fingerprint density at radius 1 is 1.56 bits per heavy atom. The van der Waals surface area contributed by atoms with Crippen LogP contribution >= 0.6 is 0 Å². The number of ether oxygens (including phenoxy) is 1. The Bertz CT molecular complexity index is 396. The lowest BCUT2D eigenvalue weighted by molar-refractivity contribution is -0.390. The average Bonchev–Trinajstić information content (AvgIpc) is 2.65. The van der Waals surface area contributed by atoms with Gasteiger partial charge in [-0.15, -0.1) is 0 Å². The molecule has 1 aromatic rings. The smallest absolute Gasteiger partial charge is 0.406 e. The van der Waals surface area contributed by atoms with Crippen molar-refractivity contribution >= 4 is 5.82 Å². The molecule has 0 amide bonds. The summed E-state index contributed by atoms with van der Waals surface area (Å²) < 4.78 is 5.43. The normalized spacial score (nSPS) is 24.3. The van der Waals surface area contributed by atoms with Gasteiger partial charge in [0, 0.05) is 0 Å². The van der Waals surface area contributed by atoms with Gasteiger partial charge in [-0.05, 0) is 41.3 Å². The molecular weight excluding hydrogens is 212 g/mol. The molecule has 1 aromatic heterocycles. The van der Waals surface area contributed by atoms with Gasteiger partial charge in [-0.2, -0.15) is 0 Å². The summed E-state index contributed by atoms with van der Waals surface area (Å²) in [6, 6.07) is 3.07. The summed E-state index contributed by atoms with van der Waals surface area (Å²) in [7, 11) is 0. The van der Waals surface area contributed by atoms with E-state index < -0.39 is 11.0 Å². The minimum atomic E-state index is -0.587. The number of rotatable bonds is 3. The molecule has 1 heterocycles. The van der Waals surface area contributed by atoms with Crippen molar-refractivity contribution < 1.29 is 14.8 Å². The van der Waals surface area contributed by atoms with Crippen molar-refractivity contribution in [2.45, 2.75) is 31.5 Å². The van der Waals surface area contributed by atoms with E-state index in [1.54, 1.807) is 6.07 Å². The van der Waals surface area contributed by atoms with Gasteiger partial charge < -0.3 is 20.0 Å². The predicted molar refractivity (Wildman–Crippen MR) is 55.2 cm³/mol. The van der Waals surface area contributed by atoms with Gasteiger partial charge in [0.15, 0.2) is 0 Å². The number of aromatic nitrogens is 1. The molecule has 1 fully saturated rings. The van der Waals surface area contributed by atoms with Crippen molar-refractivity contribution in [3.8, 4) is 5.75 Å². The molecular formula is C10H12N2O4. The van der Waals surface area contributed by atoms with Gasteiger partial charge in [0.1, 0.15) is 12.3 Å². The fourth-order valence-corrected chi connectivity index (χ4v) is 1.82. The van der Waals surface area contributed by atoms with Crippen LogP contribution in [0.1, 0.15) is 19.3 Å². The molecule has 2 atom stereocenters. The van der Waals surface area contributed by atoms with Crippen LogP contribution in [0.5, 0.6) is 5.75 Å². The zero-order valence-corrected chi connectivity index (χ0v) is 8.57. The molecule has 1 aliphatic carbocycles. The highest BCUT2D eigenvalue weighted by Gasteiger charge is 2.29. The van der Waals surface area contributed by atoms with E-state index in [1.165, 1.54) is 12.3 Å². The molecule has 0 aliphatic heterocycles. The first kappa shape index (κ1) is 10.8. The number of nitrogens with zero attached hydrogens (tertiary/aromatic N) is 2. The lowest BCUT2D eigenvalue weighted by Gasteiger charge is -2.16. The molecule has 0 saturated heterocycles. The second-order valence-corrected chi connectivity index (χ2v) is 3.74. The third kappa shape index (κ3) is 2.11. The monoisotopic (exact) mass is 224 g/mol. The summed E-state index contributed by atoms with van der Waals surface area (Å²) in [6.07, 6.45) is 2.71. The SMILES string of the molecule is O=[N+]([O-])c1ncccc1OC1CCCC1O. The van der Waals surface area contributed by atoms with Gasteiger partial charge >= 0.3 is 5.82 Å². The van der Waals surface area contributed by atoms with Crippen molar-refractivity contribution in [2.24, 2.45) is 0 Å². The number of aliphatic hydroxyl groups is 1. The van der Waals surface area contributed by atoms with Crippen molar-refractivity contribution in [1.82, 2.24) is 4.98 Å². The van der Waals surface area contributed by atoms with Crippen molar-refractivity contribution in [3.63, 3.8) is 0 Å². The molecule has 0 radical (unpaired) electrons. The average molecular weight is 224 g/mol. The number of aliphatic hydroxyl groups excluding tert-OH is 1. The number of nitro groups is 1. The Hall–Kier alpha value is -1.69. The van der Waals surface area contributed by atoms with Gasteiger partial charge in [0.25, 0.3) is 0 Å². The first-order valence-electron chi connectivity index (χ1n) is 5.12. The van der Waals surface area contributed by atoms with Crippen LogP contribution in [0.2, 0.25) is 0 Å². The number of hydrogen-bond donors (Lipinski definition) is 1. The highest BCUT2D eigenvalue weighted by Crippen LogP contribution is 2.29. The molecule has 1 saturated carbocycles. The van der Waals surface area contributed by atoms with Gasteiger partial charge in [-0.1, -0.05) is 0 Å². The van der Waals surface area contributed by atoms with E-state index in [1.807, 2.05) is 0 Å². The van der Waals surface area contributed by atoms with E-state index in [9.17, 15) is 15.2 Å². The summed E-state index contributed by atoms with van der Waals surface area (Å²) in [5.74, 6) is -0.181. The van der Waals surface area contributed by atoms with E-state index in [0.717, 1.165) is 6.42 Å². The molecule has 2 rings (SSSR count). The van der Waals surface area contributed by atoms with Crippen molar-refractivity contribution in [2.75, 3.05) is 0 Å². The van der Waals surface area contributed by atoms with Crippen molar-refractivity contribution in [1.29, 1.82) is 0 Å². The van der Waals surface area contributed by atoms with E-state index in [2.05, 4.69) is 4.98 Å². The zero-order valence-electron chi connectivity index (χ0n) is 8.57. The second kappa shape index (κ2) is 4.44. The van der Waals surface area contributed by atoms with Crippen LogP contribution in [0.4, 0.5) is 5.82 Å². The van der Waals surface area contributed by atoms with E-state index >= 15 is 0 Å². The van der Waals surface area contributed by atoms with Crippen LogP contribution in [0.25, 0.3) is 0 Å². The lowest BCUT2D eigenvalue weighted by atomic mass is 10.2. The minimum Gasteiger partial charge on any atom is -0.480 e. The Balaban J connectivity index is 2.17. The Morgan fingerprint density at radius 3 is 3.00 bits per heavy atom. The van der Waals surface area contributed by atoms with E-state index in [0.29, 0.717) is 12.8 Å². The first-order valence-corrected chi connectivity index (χ1v) is 5.12. The summed E-state index contributed by atoms with van der Waals surface area (Å²) in [5, 5.41) is 20.2. The molecule has 0 spiro atoms. The maximum atomic E-state index is 10.7. The topological polar surface area (TPSA) is 85.5 Å². The lowest BCUT2D eigenvalue weighted by Crippen LogP contribution is -2.26. The zero-order chi connectivity index (χ0) is 11.5. The molecule has 6 heteroatoms. The maximum absolute atomic E-state index is 10.7. The molecule has 0 aromatic carbocycles. The summed E-state index contributed by atoms with van der Waals surface area (Å²) >= 11 is 0. The van der Waals surface area contributed by atoms with Crippen molar-refractivity contribution in [3.05, 3.63) is 28.4 Å². The second-order valence-electron chi connectivity index (χ2n) is 3.74. The summed E-state index contributed by atoms with van der Waals surface area (Å²) in [6.45, 7) is 0. The highest BCUT2D eigenvalue weighted by molar-refractivity contribution is 5.38. The molecule has 2 unspecified atom stereocenters. The third-order valence-electron chi connectivity index (χ3n) is 2.62. The van der Waals surface area contributed by atoms with Crippen LogP contribution < -0.4 is 4.74 Å². The van der Waals surface area contributed by atoms with Gasteiger partial charge in [0.05, 0.1) is 6.10 Å². The van der Waals surface area contributed by atoms with Crippen LogP contribution in [-0.4, -0.2) is 27.2 Å². The maximum Gasteiger partial charge on any atom is 0.406 e. The molecule has 86 valence electrons. The van der Waals surface area contributed by atoms with Gasteiger partial charge in [0.2, 0.25) is 5.75 Å². The Morgan fingerprint density at radius 2 is 2.38 bits per heavy atom. The summed E-state index contributed by atoms with van der Waals surface area (Å²) in [5.41, 5.74) is 0. The first-order chi connectivity index (χ1) is 7.68. The van der Waals surface area contributed by atoms with Crippen LogP contribution in [0.3, 0.4) is 0 Å². The number of pyridine rings is 1.